The molecule has 32 heavy (non-hydrogen) atoms. The lowest BCUT2D eigenvalue weighted by molar-refractivity contribution is -0.128. The monoisotopic (exact) mass is 432 g/mol. The first-order valence-electron chi connectivity index (χ1n) is 10.5. The number of carbonyl (C=O) groups is 3. The number of imide groups is 1. The number of aromatic amines is 1. The SMILES string of the molecule is O=C(CC[C@H]1NC(=O)N(Cc2ccccc2)C1=O)Nc1n[nH]c(CCc2ccccc2)n1. The molecular formula is C23H24N6O3. The first kappa shape index (κ1) is 21.2. The number of hydrogen-bond donors (Lipinski definition) is 3. The molecule has 4 amide bonds. The smallest absolute Gasteiger partial charge is 0.325 e. The first-order chi connectivity index (χ1) is 15.6. The Labute approximate surface area is 185 Å². The minimum atomic E-state index is -0.717. The Morgan fingerprint density at radius 1 is 0.969 bits per heavy atom. The van der Waals surface area contributed by atoms with Gasteiger partial charge in [0, 0.05) is 12.8 Å². The summed E-state index contributed by atoms with van der Waals surface area (Å²) in [5.41, 5.74) is 2.06. The summed E-state index contributed by atoms with van der Waals surface area (Å²) in [4.78, 5) is 42.5. The van der Waals surface area contributed by atoms with Gasteiger partial charge in [0.15, 0.2) is 0 Å². The molecule has 1 saturated heterocycles. The van der Waals surface area contributed by atoms with Crippen LogP contribution in [0.5, 0.6) is 0 Å². The van der Waals surface area contributed by atoms with E-state index in [9.17, 15) is 14.4 Å². The second kappa shape index (κ2) is 9.86. The number of urea groups is 1. The van der Waals surface area contributed by atoms with Gasteiger partial charge in [-0.2, -0.15) is 4.98 Å². The molecule has 1 aliphatic rings. The molecule has 0 spiro atoms. The molecule has 9 heteroatoms. The van der Waals surface area contributed by atoms with E-state index in [1.165, 1.54) is 10.5 Å². The summed E-state index contributed by atoms with van der Waals surface area (Å²) in [6, 6.07) is 18.2. The zero-order valence-corrected chi connectivity index (χ0v) is 17.5. The van der Waals surface area contributed by atoms with E-state index >= 15 is 0 Å². The molecule has 9 nitrogen and oxygen atoms in total. The fraction of sp³-hybridized carbons (Fsp3) is 0.261. The molecule has 1 fully saturated rings. The van der Waals surface area contributed by atoms with Crippen LogP contribution in [0.3, 0.4) is 0 Å². The van der Waals surface area contributed by atoms with Crippen LogP contribution in [0, 0.1) is 0 Å². The Bertz CT molecular complexity index is 1080. The third-order valence-electron chi connectivity index (χ3n) is 5.23. The highest BCUT2D eigenvalue weighted by Crippen LogP contribution is 2.15. The maximum Gasteiger partial charge on any atom is 0.325 e. The molecule has 1 aliphatic heterocycles. The normalized spacial score (nSPS) is 15.6. The minimum absolute atomic E-state index is 0.0593. The van der Waals surface area contributed by atoms with Crippen molar-refractivity contribution in [3.05, 3.63) is 77.6 Å². The average Bonchev–Trinajstić information content (AvgIpc) is 3.37. The summed E-state index contributed by atoms with van der Waals surface area (Å²) < 4.78 is 0. The van der Waals surface area contributed by atoms with Crippen molar-refractivity contribution in [1.29, 1.82) is 0 Å². The summed E-state index contributed by atoms with van der Waals surface area (Å²) >= 11 is 0. The number of aromatic nitrogens is 3. The number of nitrogens with one attached hydrogen (secondary N) is 3. The molecule has 0 unspecified atom stereocenters. The fourth-order valence-electron chi connectivity index (χ4n) is 3.52. The number of anilines is 1. The van der Waals surface area contributed by atoms with Gasteiger partial charge in [0.2, 0.25) is 11.9 Å². The average molecular weight is 432 g/mol. The molecule has 164 valence electrons. The lowest BCUT2D eigenvalue weighted by Gasteiger charge is -2.12. The highest BCUT2D eigenvalue weighted by atomic mass is 16.2. The van der Waals surface area contributed by atoms with Crippen molar-refractivity contribution in [3.63, 3.8) is 0 Å². The predicted molar refractivity (Wildman–Crippen MR) is 117 cm³/mol. The molecule has 2 aromatic carbocycles. The predicted octanol–water partition coefficient (Wildman–Crippen LogP) is 2.43. The number of carbonyl (C=O) groups excluding carboxylic acids is 3. The molecule has 0 bridgehead atoms. The van der Waals surface area contributed by atoms with Crippen molar-refractivity contribution >= 4 is 23.8 Å². The standard InChI is InChI=1S/C23H24N6O3/c30-20(26-22-25-19(27-28-22)13-11-16-7-3-1-4-8-16)14-12-18-21(31)29(23(32)24-18)15-17-9-5-2-6-10-17/h1-10,18H,11-15H2,(H,24,32)(H2,25,26,27,28,30)/t18-/m1/s1. The van der Waals surface area contributed by atoms with E-state index in [1.54, 1.807) is 0 Å². The quantitative estimate of drug-likeness (QED) is 0.449. The summed E-state index contributed by atoms with van der Waals surface area (Å²) in [5, 5.41) is 12.1. The van der Waals surface area contributed by atoms with Crippen LogP contribution >= 0.6 is 0 Å². The number of nitrogens with zero attached hydrogens (tertiary/aromatic N) is 3. The van der Waals surface area contributed by atoms with Crippen LogP contribution in [0.25, 0.3) is 0 Å². The second-order valence-corrected chi connectivity index (χ2v) is 7.59. The summed E-state index contributed by atoms with van der Waals surface area (Å²) in [6.07, 6.45) is 1.75. The molecular weight excluding hydrogens is 408 g/mol. The Morgan fingerprint density at radius 3 is 2.38 bits per heavy atom. The molecule has 3 N–H and O–H groups in total. The van der Waals surface area contributed by atoms with E-state index < -0.39 is 12.1 Å². The van der Waals surface area contributed by atoms with Crippen molar-refractivity contribution in [2.45, 2.75) is 38.3 Å². The van der Waals surface area contributed by atoms with E-state index in [2.05, 4.69) is 25.8 Å². The van der Waals surface area contributed by atoms with Gasteiger partial charge in [-0.1, -0.05) is 60.7 Å². The Hall–Kier alpha value is -4.01. The molecule has 0 radical (unpaired) electrons. The zero-order chi connectivity index (χ0) is 22.3. The maximum atomic E-state index is 12.6. The molecule has 0 aliphatic carbocycles. The number of aryl methyl sites for hydroxylation is 2. The lowest BCUT2D eigenvalue weighted by Crippen LogP contribution is -2.31. The lowest BCUT2D eigenvalue weighted by atomic mass is 10.1. The topological polar surface area (TPSA) is 120 Å². The number of rotatable bonds is 9. The van der Waals surface area contributed by atoms with E-state index in [1.807, 2.05) is 60.7 Å². The maximum absolute atomic E-state index is 12.6. The van der Waals surface area contributed by atoms with Gasteiger partial charge in [0.1, 0.15) is 11.9 Å². The Morgan fingerprint density at radius 2 is 1.66 bits per heavy atom. The number of amides is 4. The Balaban J connectivity index is 1.23. The molecule has 0 saturated carbocycles. The number of benzene rings is 2. The Kier molecular flexibility index (Phi) is 6.54. The number of hydrogen-bond acceptors (Lipinski definition) is 5. The van der Waals surface area contributed by atoms with Gasteiger partial charge in [0.25, 0.3) is 5.91 Å². The van der Waals surface area contributed by atoms with Crippen LogP contribution < -0.4 is 10.6 Å². The minimum Gasteiger partial charge on any atom is -0.326 e. The molecule has 4 rings (SSSR count). The van der Waals surface area contributed by atoms with Crippen LogP contribution in [0.2, 0.25) is 0 Å². The zero-order valence-electron chi connectivity index (χ0n) is 17.5. The highest BCUT2D eigenvalue weighted by molar-refractivity contribution is 6.04. The largest absolute Gasteiger partial charge is 0.326 e. The number of H-pyrrole nitrogens is 1. The summed E-state index contributed by atoms with van der Waals surface area (Å²) in [5.74, 6) is 0.236. The molecule has 1 atom stereocenters. The fourth-order valence-corrected chi connectivity index (χ4v) is 3.52. The highest BCUT2D eigenvalue weighted by Gasteiger charge is 2.37. The third-order valence-corrected chi connectivity index (χ3v) is 5.23. The summed E-state index contributed by atoms with van der Waals surface area (Å²) in [7, 11) is 0. The molecule has 3 aromatic rings. The van der Waals surface area contributed by atoms with Crippen molar-refractivity contribution in [2.75, 3.05) is 5.32 Å². The van der Waals surface area contributed by atoms with Gasteiger partial charge in [-0.3, -0.25) is 24.9 Å². The van der Waals surface area contributed by atoms with Gasteiger partial charge >= 0.3 is 6.03 Å². The van der Waals surface area contributed by atoms with E-state index in [4.69, 9.17) is 0 Å². The van der Waals surface area contributed by atoms with Crippen LogP contribution in [0.15, 0.2) is 60.7 Å². The third kappa shape index (κ3) is 5.37. The second-order valence-electron chi connectivity index (χ2n) is 7.59. The van der Waals surface area contributed by atoms with Crippen molar-refractivity contribution in [1.82, 2.24) is 25.4 Å². The van der Waals surface area contributed by atoms with Crippen molar-refractivity contribution < 1.29 is 14.4 Å². The van der Waals surface area contributed by atoms with Gasteiger partial charge in [-0.05, 0) is 24.0 Å². The van der Waals surface area contributed by atoms with Crippen LogP contribution in [-0.4, -0.2) is 44.0 Å². The first-order valence-corrected chi connectivity index (χ1v) is 10.5. The van der Waals surface area contributed by atoms with E-state index in [0.717, 1.165) is 12.0 Å². The van der Waals surface area contributed by atoms with Gasteiger partial charge < -0.3 is 5.32 Å². The van der Waals surface area contributed by atoms with Gasteiger partial charge in [-0.15, -0.1) is 5.10 Å². The summed E-state index contributed by atoms with van der Waals surface area (Å²) in [6.45, 7) is 0.206. The molecule has 1 aromatic heterocycles. The van der Waals surface area contributed by atoms with E-state index in [-0.39, 0.29) is 37.1 Å². The van der Waals surface area contributed by atoms with Gasteiger partial charge in [0.05, 0.1) is 6.54 Å². The van der Waals surface area contributed by atoms with Gasteiger partial charge in [-0.25, -0.2) is 4.79 Å². The molecule has 2 heterocycles. The van der Waals surface area contributed by atoms with Crippen molar-refractivity contribution in [2.24, 2.45) is 0 Å². The van der Waals surface area contributed by atoms with Crippen LogP contribution in [0.1, 0.15) is 29.8 Å². The van der Waals surface area contributed by atoms with Crippen LogP contribution in [0.4, 0.5) is 10.7 Å². The van der Waals surface area contributed by atoms with E-state index in [0.29, 0.717) is 12.2 Å². The van der Waals surface area contributed by atoms with Crippen molar-refractivity contribution in [3.8, 4) is 0 Å². The van der Waals surface area contributed by atoms with Crippen LogP contribution in [-0.2, 0) is 29.0 Å².